The van der Waals surface area contributed by atoms with E-state index in [9.17, 15) is 12.3 Å². The summed E-state index contributed by atoms with van der Waals surface area (Å²) in [5.74, 6) is -0.846. The average molecular weight is 245 g/mol. The summed E-state index contributed by atoms with van der Waals surface area (Å²) in [5.41, 5.74) is -0.0100. The van der Waals surface area contributed by atoms with Crippen molar-refractivity contribution in [2.45, 2.75) is 5.75 Å². The zero-order valence-corrected chi connectivity index (χ0v) is 8.37. The third-order valence-electron chi connectivity index (χ3n) is 1.12. The predicted molar refractivity (Wildman–Crippen MR) is 45.8 cm³/mol. The van der Waals surface area contributed by atoms with Crippen molar-refractivity contribution >= 4 is 33.4 Å². The molecule has 0 aliphatic heterocycles. The van der Waals surface area contributed by atoms with Crippen molar-refractivity contribution in [3.63, 3.8) is 0 Å². The topological polar surface area (TPSA) is 59.9 Å². The van der Waals surface area contributed by atoms with Gasteiger partial charge in [-0.3, -0.25) is 0 Å². The SMILES string of the molecule is O=S(=O)(F)Cc1cc(Cl)nnc1Cl. The summed E-state index contributed by atoms with van der Waals surface area (Å²) >= 11 is 10.8. The largest absolute Gasteiger partial charge is 0.306 e. The number of hydrogen-bond acceptors (Lipinski definition) is 4. The molecule has 0 aliphatic carbocycles. The Bertz CT molecular complexity index is 423. The lowest BCUT2D eigenvalue weighted by molar-refractivity contribution is 0.551. The number of halogens is 3. The fourth-order valence-electron chi connectivity index (χ4n) is 0.675. The summed E-state index contributed by atoms with van der Waals surface area (Å²) in [5, 5.41) is 6.44. The fourth-order valence-corrected chi connectivity index (χ4v) is 1.67. The molecule has 0 saturated carbocycles. The number of hydrogen-bond donors (Lipinski definition) is 0. The van der Waals surface area contributed by atoms with Crippen LogP contribution in [0.25, 0.3) is 0 Å². The van der Waals surface area contributed by atoms with Gasteiger partial charge < -0.3 is 0 Å². The maximum atomic E-state index is 12.2. The van der Waals surface area contributed by atoms with Gasteiger partial charge in [-0.05, 0) is 6.07 Å². The van der Waals surface area contributed by atoms with Gasteiger partial charge in [-0.1, -0.05) is 23.2 Å². The third-order valence-corrected chi connectivity index (χ3v) is 2.28. The molecule has 72 valence electrons. The van der Waals surface area contributed by atoms with Crippen LogP contribution in [0.1, 0.15) is 5.56 Å². The Hall–Kier alpha value is -0.460. The van der Waals surface area contributed by atoms with Gasteiger partial charge in [0, 0.05) is 5.56 Å². The lowest BCUT2D eigenvalue weighted by Gasteiger charge is -1.98. The third kappa shape index (κ3) is 3.41. The molecule has 0 unspecified atom stereocenters. The van der Waals surface area contributed by atoms with Gasteiger partial charge in [0.2, 0.25) is 0 Å². The van der Waals surface area contributed by atoms with Crippen molar-refractivity contribution in [3.8, 4) is 0 Å². The Morgan fingerprint density at radius 1 is 1.38 bits per heavy atom. The van der Waals surface area contributed by atoms with Crippen LogP contribution in [-0.2, 0) is 16.0 Å². The van der Waals surface area contributed by atoms with E-state index in [1.54, 1.807) is 0 Å². The molecule has 0 saturated heterocycles. The van der Waals surface area contributed by atoms with Crippen molar-refractivity contribution in [1.82, 2.24) is 10.2 Å². The van der Waals surface area contributed by atoms with E-state index in [4.69, 9.17) is 23.2 Å². The van der Waals surface area contributed by atoms with E-state index in [1.165, 1.54) is 0 Å². The molecule has 8 heteroatoms. The molecular weight excluding hydrogens is 242 g/mol. The van der Waals surface area contributed by atoms with Gasteiger partial charge in [0.25, 0.3) is 0 Å². The molecule has 1 rings (SSSR count). The van der Waals surface area contributed by atoms with Gasteiger partial charge in [-0.25, -0.2) is 0 Å². The van der Waals surface area contributed by atoms with Gasteiger partial charge in [-0.15, -0.1) is 14.1 Å². The predicted octanol–water partition coefficient (Wildman–Crippen LogP) is 1.58. The molecule has 1 aromatic rings. The van der Waals surface area contributed by atoms with E-state index < -0.39 is 16.0 Å². The van der Waals surface area contributed by atoms with Gasteiger partial charge in [-0.2, -0.15) is 8.42 Å². The second kappa shape index (κ2) is 3.73. The lowest BCUT2D eigenvalue weighted by Crippen LogP contribution is -1.99. The minimum Gasteiger partial charge on any atom is -0.194 e. The van der Waals surface area contributed by atoms with Crippen molar-refractivity contribution < 1.29 is 12.3 Å². The molecule has 0 bridgehead atoms. The maximum Gasteiger partial charge on any atom is 0.306 e. The van der Waals surface area contributed by atoms with Crippen LogP contribution in [0.2, 0.25) is 10.3 Å². The van der Waals surface area contributed by atoms with E-state index >= 15 is 0 Å². The van der Waals surface area contributed by atoms with E-state index in [2.05, 4.69) is 10.2 Å². The van der Waals surface area contributed by atoms with E-state index in [1.807, 2.05) is 0 Å². The quantitative estimate of drug-likeness (QED) is 0.742. The maximum absolute atomic E-state index is 12.2. The first kappa shape index (κ1) is 10.6. The average Bonchev–Trinajstić information content (AvgIpc) is 1.94. The number of aromatic nitrogens is 2. The van der Waals surface area contributed by atoms with Gasteiger partial charge >= 0.3 is 10.2 Å². The van der Waals surface area contributed by atoms with Gasteiger partial charge in [0.1, 0.15) is 5.75 Å². The Morgan fingerprint density at radius 3 is 2.54 bits per heavy atom. The second-order valence-electron chi connectivity index (χ2n) is 2.17. The molecule has 1 aromatic heterocycles. The highest BCUT2D eigenvalue weighted by Gasteiger charge is 2.13. The molecule has 0 aromatic carbocycles. The minimum absolute atomic E-state index is 0.0100. The van der Waals surface area contributed by atoms with Crippen molar-refractivity contribution in [2.75, 3.05) is 0 Å². The molecule has 0 spiro atoms. The zero-order chi connectivity index (χ0) is 10.1. The number of nitrogens with zero attached hydrogens (tertiary/aromatic N) is 2. The van der Waals surface area contributed by atoms with Gasteiger partial charge in [0.15, 0.2) is 10.3 Å². The molecule has 13 heavy (non-hydrogen) atoms. The summed E-state index contributed by atoms with van der Waals surface area (Å²) in [7, 11) is -4.63. The first-order chi connectivity index (χ1) is 5.88. The standard InChI is InChI=1S/C5H3Cl2FN2O2S/c6-4-1-3(2-13(8,11)12)5(7)10-9-4/h1H,2H2. The molecule has 0 atom stereocenters. The molecule has 4 nitrogen and oxygen atoms in total. The van der Waals surface area contributed by atoms with Crippen LogP contribution in [0, 0.1) is 0 Å². The molecule has 1 heterocycles. The molecule has 0 fully saturated rings. The summed E-state index contributed by atoms with van der Waals surface area (Å²) in [6, 6.07) is 1.15. The van der Waals surface area contributed by atoms with Crippen molar-refractivity contribution in [2.24, 2.45) is 0 Å². The van der Waals surface area contributed by atoms with E-state index in [0.29, 0.717) is 0 Å². The Kier molecular flexibility index (Phi) is 3.05. The first-order valence-corrected chi connectivity index (χ1v) is 5.29. The Labute approximate surface area is 83.9 Å². The number of rotatable bonds is 2. The highest BCUT2D eigenvalue weighted by molar-refractivity contribution is 7.85. The summed E-state index contributed by atoms with van der Waals surface area (Å²) < 4.78 is 32.7. The van der Waals surface area contributed by atoms with Crippen LogP contribution in [0.3, 0.4) is 0 Å². The highest BCUT2D eigenvalue weighted by atomic mass is 35.5. The minimum atomic E-state index is -4.63. The smallest absolute Gasteiger partial charge is 0.194 e. The Morgan fingerprint density at radius 2 is 2.00 bits per heavy atom. The molecule has 0 amide bonds. The summed E-state index contributed by atoms with van der Waals surface area (Å²) in [6.45, 7) is 0. The van der Waals surface area contributed by atoms with Crippen LogP contribution in [0.4, 0.5) is 3.89 Å². The van der Waals surface area contributed by atoms with Crippen LogP contribution < -0.4 is 0 Å². The zero-order valence-electron chi connectivity index (χ0n) is 6.04. The molecule has 0 aliphatic rings. The summed E-state index contributed by atoms with van der Waals surface area (Å²) in [4.78, 5) is 0. The summed E-state index contributed by atoms with van der Waals surface area (Å²) in [6.07, 6.45) is 0. The molecule has 0 N–H and O–H groups in total. The molecule has 0 radical (unpaired) electrons. The van der Waals surface area contributed by atoms with Gasteiger partial charge in [0.05, 0.1) is 0 Å². The van der Waals surface area contributed by atoms with Crippen LogP contribution in [0.5, 0.6) is 0 Å². The van der Waals surface area contributed by atoms with E-state index in [0.717, 1.165) is 6.07 Å². The highest BCUT2D eigenvalue weighted by Crippen LogP contribution is 2.18. The fraction of sp³-hybridized carbons (Fsp3) is 0.200. The first-order valence-electron chi connectivity index (χ1n) is 2.98. The van der Waals surface area contributed by atoms with Crippen molar-refractivity contribution in [3.05, 3.63) is 21.9 Å². The van der Waals surface area contributed by atoms with E-state index in [-0.39, 0.29) is 15.9 Å². The Balaban J connectivity index is 3.08. The lowest BCUT2D eigenvalue weighted by atomic mass is 10.3. The van der Waals surface area contributed by atoms with Crippen LogP contribution >= 0.6 is 23.2 Å². The normalized spacial score (nSPS) is 11.6. The van der Waals surface area contributed by atoms with Crippen molar-refractivity contribution in [1.29, 1.82) is 0 Å². The van der Waals surface area contributed by atoms with Crippen LogP contribution in [-0.4, -0.2) is 18.6 Å². The second-order valence-corrected chi connectivity index (χ2v) is 4.28. The monoisotopic (exact) mass is 244 g/mol. The van der Waals surface area contributed by atoms with Crippen LogP contribution in [0.15, 0.2) is 6.07 Å². The molecular formula is C5H3Cl2FN2O2S.